The van der Waals surface area contributed by atoms with Crippen molar-refractivity contribution in [3.8, 4) is 0 Å². The number of nitrogens with one attached hydrogen (secondary N) is 2. The number of aromatic nitrogens is 3. The summed E-state index contributed by atoms with van der Waals surface area (Å²) in [4.78, 5) is 18.5. The molecular formula is C25H35N7O5S. The molecule has 0 radical (unpaired) electrons. The van der Waals surface area contributed by atoms with Gasteiger partial charge in [-0.1, -0.05) is 18.5 Å². The molecule has 4 rings (SSSR count). The van der Waals surface area contributed by atoms with Gasteiger partial charge in [0, 0.05) is 48.9 Å². The molecule has 0 amide bonds. The van der Waals surface area contributed by atoms with Crippen molar-refractivity contribution in [2.24, 2.45) is 5.16 Å². The van der Waals surface area contributed by atoms with Crippen LogP contribution in [0.4, 0.5) is 0 Å². The number of allylic oxidation sites excluding steroid dienone is 4. The molecule has 13 heteroatoms. The number of oxime groups is 1. The van der Waals surface area contributed by atoms with Crippen molar-refractivity contribution in [3.05, 3.63) is 68.2 Å². The first-order chi connectivity index (χ1) is 18.3. The van der Waals surface area contributed by atoms with Gasteiger partial charge in [-0.15, -0.1) is 0 Å². The van der Waals surface area contributed by atoms with Gasteiger partial charge in [0.2, 0.25) is 0 Å². The number of aliphatic hydroxyl groups excluding tert-OH is 1. The fraction of sp³-hybridized carbons (Fsp3) is 0.480. The van der Waals surface area contributed by atoms with Crippen LogP contribution in [-0.4, -0.2) is 77.4 Å². The molecular weight excluding hydrogens is 510 g/mol. The Balaban J connectivity index is 1.76. The van der Waals surface area contributed by atoms with E-state index in [1.807, 2.05) is 18.7 Å². The minimum atomic E-state index is -3.34. The summed E-state index contributed by atoms with van der Waals surface area (Å²) in [5, 5.41) is 26.3. The van der Waals surface area contributed by atoms with Crippen LogP contribution in [0.3, 0.4) is 0 Å². The van der Waals surface area contributed by atoms with Gasteiger partial charge in [-0.2, -0.15) is 5.10 Å². The van der Waals surface area contributed by atoms with E-state index in [1.165, 1.54) is 10.5 Å². The van der Waals surface area contributed by atoms with Gasteiger partial charge in [0.15, 0.2) is 9.92 Å². The summed E-state index contributed by atoms with van der Waals surface area (Å²) in [6, 6.07) is 0. The van der Waals surface area contributed by atoms with Crippen molar-refractivity contribution in [1.82, 2.24) is 23.8 Å². The predicted molar refractivity (Wildman–Crippen MR) is 144 cm³/mol. The number of aliphatic hydroxyl groups is 1. The lowest BCUT2D eigenvalue weighted by Gasteiger charge is -2.34. The molecule has 0 fully saturated rings. The topological polar surface area (TPSA) is 160 Å². The number of aromatic amines is 1. The first kappa shape index (κ1) is 27.5. The van der Waals surface area contributed by atoms with Crippen molar-refractivity contribution >= 4 is 21.6 Å². The molecule has 12 nitrogen and oxygen atoms in total. The second-order valence-corrected chi connectivity index (χ2v) is 11.2. The van der Waals surface area contributed by atoms with E-state index in [1.54, 1.807) is 36.0 Å². The van der Waals surface area contributed by atoms with E-state index in [2.05, 4.69) is 10.1 Å². The van der Waals surface area contributed by atoms with Gasteiger partial charge in [0.25, 0.3) is 5.56 Å². The first-order valence-electron chi connectivity index (χ1n) is 12.7. The number of hydrogen-bond donors (Lipinski definition) is 4. The number of aryl methyl sites for hydroxylation is 2. The molecule has 0 spiro atoms. The summed E-state index contributed by atoms with van der Waals surface area (Å²) in [5.41, 5.74) is 2.10. The molecule has 206 valence electrons. The minimum Gasteiger partial charge on any atom is -0.497 e. The van der Waals surface area contributed by atoms with Gasteiger partial charge in [-0.25, -0.2) is 13.5 Å². The fourth-order valence-corrected chi connectivity index (χ4v) is 6.45. The lowest BCUT2D eigenvalue weighted by Crippen LogP contribution is -2.39. The van der Waals surface area contributed by atoms with Crippen molar-refractivity contribution in [2.45, 2.75) is 46.0 Å². The smallest absolute Gasteiger partial charge is 0.275 e. The van der Waals surface area contributed by atoms with E-state index in [4.69, 9.17) is 19.7 Å². The standard InChI is InChI=1S/C25H35N7O5S/c1-4-6-21-20(16-27-35)17(3)23-25(34)28-24(29-32(21)23)19-15-18(7-8-22(19)37-5-2)38(26,36)31-11-9-30(10-12-31)13-14-33/h7-9,11,16,19,26,33,35H,4-6,10,12-15H2,1-3H3,(H,28,29,34)/b27-16+. The second-order valence-electron chi connectivity index (χ2n) is 9.20. The average Bonchev–Trinajstić information content (AvgIpc) is 3.16. The van der Waals surface area contributed by atoms with Crippen molar-refractivity contribution in [2.75, 3.05) is 32.8 Å². The van der Waals surface area contributed by atoms with Crippen LogP contribution in [0.5, 0.6) is 0 Å². The van der Waals surface area contributed by atoms with Crippen molar-refractivity contribution < 1.29 is 19.3 Å². The molecule has 2 unspecified atom stereocenters. The maximum absolute atomic E-state index is 13.7. The molecule has 0 aromatic carbocycles. The third-order valence-electron chi connectivity index (χ3n) is 6.82. The van der Waals surface area contributed by atoms with Crippen LogP contribution in [0, 0.1) is 11.7 Å². The SMILES string of the molecule is CCCc1c(/C=N/O)c(C)c2c(=O)[nH]c(C3CC(S(=N)(=O)N4C=CN(CCO)CC4)=CC=C3OCC)nn12. The molecule has 0 bridgehead atoms. The highest BCUT2D eigenvalue weighted by Gasteiger charge is 2.32. The van der Waals surface area contributed by atoms with Crippen molar-refractivity contribution in [1.29, 1.82) is 4.78 Å². The second kappa shape index (κ2) is 11.4. The Morgan fingerprint density at radius 3 is 2.74 bits per heavy atom. The van der Waals surface area contributed by atoms with Crippen molar-refractivity contribution in [3.63, 3.8) is 0 Å². The summed E-state index contributed by atoms with van der Waals surface area (Å²) < 4.78 is 31.5. The molecule has 2 atom stereocenters. The van der Waals surface area contributed by atoms with E-state index >= 15 is 0 Å². The monoisotopic (exact) mass is 545 g/mol. The molecule has 0 saturated heterocycles. The maximum Gasteiger partial charge on any atom is 0.275 e. The quantitative estimate of drug-likeness (QED) is 0.203. The van der Waals surface area contributed by atoms with E-state index in [0.29, 0.717) is 65.8 Å². The number of rotatable bonds is 10. The average molecular weight is 546 g/mol. The number of hydrogen-bond acceptors (Lipinski definition) is 9. The molecule has 3 heterocycles. The highest BCUT2D eigenvalue weighted by Crippen LogP contribution is 2.37. The molecule has 4 N–H and O–H groups in total. The lowest BCUT2D eigenvalue weighted by atomic mass is 9.97. The van der Waals surface area contributed by atoms with Gasteiger partial charge in [-0.3, -0.25) is 9.10 Å². The summed E-state index contributed by atoms with van der Waals surface area (Å²) in [7, 11) is -3.34. The number of nitrogens with zero attached hydrogens (tertiary/aromatic N) is 5. The van der Waals surface area contributed by atoms with Gasteiger partial charge >= 0.3 is 0 Å². The lowest BCUT2D eigenvalue weighted by molar-refractivity contribution is 0.204. The number of ether oxygens (including phenoxy) is 1. The number of H-pyrrole nitrogens is 1. The molecule has 2 aromatic heterocycles. The Hall–Kier alpha value is -3.58. The molecule has 38 heavy (non-hydrogen) atoms. The maximum atomic E-state index is 13.7. The minimum absolute atomic E-state index is 0.0170. The van der Waals surface area contributed by atoms with E-state index < -0.39 is 15.8 Å². The van der Waals surface area contributed by atoms with Crippen LogP contribution < -0.4 is 5.56 Å². The Bertz CT molecular complexity index is 1470. The normalized spacial score (nSPS) is 19.6. The highest BCUT2D eigenvalue weighted by molar-refractivity contribution is 7.94. The molecule has 0 saturated carbocycles. The number of β-amino-alcohol motifs (C(OH)–C–C–N with tert-alkyl or cyclic N) is 1. The van der Waals surface area contributed by atoms with E-state index in [-0.39, 0.29) is 18.6 Å². The third-order valence-corrected chi connectivity index (χ3v) is 8.80. The van der Waals surface area contributed by atoms with Gasteiger partial charge in [0.05, 0.1) is 31.0 Å². The van der Waals surface area contributed by atoms with Crippen LogP contribution in [0.1, 0.15) is 55.3 Å². The van der Waals surface area contributed by atoms with Crippen LogP contribution in [0.25, 0.3) is 5.52 Å². The highest BCUT2D eigenvalue weighted by atomic mass is 32.2. The Morgan fingerprint density at radius 1 is 1.32 bits per heavy atom. The Kier molecular flexibility index (Phi) is 8.26. The predicted octanol–water partition coefficient (Wildman–Crippen LogP) is 2.43. The first-order valence-corrected chi connectivity index (χ1v) is 14.2. The summed E-state index contributed by atoms with van der Waals surface area (Å²) in [6.07, 6.45) is 9.65. The molecule has 2 aromatic rings. The number of fused-ring (bicyclic) bond motifs is 1. The zero-order chi connectivity index (χ0) is 27.4. The van der Waals surface area contributed by atoms with Gasteiger partial charge in [-0.05, 0) is 38.0 Å². The Morgan fingerprint density at radius 2 is 2.11 bits per heavy atom. The zero-order valence-corrected chi connectivity index (χ0v) is 22.7. The van der Waals surface area contributed by atoms with Crippen LogP contribution in [0.2, 0.25) is 0 Å². The summed E-state index contributed by atoms with van der Waals surface area (Å²) >= 11 is 0. The molecule has 1 aliphatic heterocycles. The largest absolute Gasteiger partial charge is 0.497 e. The summed E-state index contributed by atoms with van der Waals surface area (Å²) in [6.45, 7) is 7.46. The van der Waals surface area contributed by atoms with E-state index in [9.17, 15) is 14.2 Å². The molecule has 2 aliphatic rings. The molecule has 1 aliphatic carbocycles. The summed E-state index contributed by atoms with van der Waals surface area (Å²) in [5.74, 6) is 0.353. The fourth-order valence-electron chi connectivity index (χ4n) is 4.94. The third kappa shape index (κ3) is 5.07. The van der Waals surface area contributed by atoms with Gasteiger partial charge < -0.3 is 24.9 Å². The van der Waals surface area contributed by atoms with Crippen LogP contribution >= 0.6 is 0 Å². The Labute approximate surface area is 221 Å². The van der Waals surface area contributed by atoms with Gasteiger partial charge in [0.1, 0.15) is 17.1 Å². The van der Waals surface area contributed by atoms with Crippen LogP contribution in [0.15, 0.2) is 45.2 Å². The van der Waals surface area contributed by atoms with Crippen LogP contribution in [-0.2, 0) is 21.1 Å². The van der Waals surface area contributed by atoms with E-state index in [0.717, 1.165) is 12.1 Å². The zero-order valence-electron chi connectivity index (χ0n) is 21.9.